The Kier molecular flexibility index (Phi) is 4.50. The largest absolute Gasteiger partial charge is 0.335 e. The Bertz CT molecular complexity index is 867. The van der Waals surface area contributed by atoms with E-state index in [2.05, 4.69) is 47.6 Å². The molecule has 126 valence electrons. The molecule has 1 aliphatic heterocycles. The molecule has 3 heteroatoms. The zero-order valence-electron chi connectivity index (χ0n) is 14.4. The summed E-state index contributed by atoms with van der Waals surface area (Å²) >= 11 is 1.70. The van der Waals surface area contributed by atoms with Crippen molar-refractivity contribution in [3.63, 3.8) is 0 Å². The first-order valence-electron chi connectivity index (χ1n) is 8.85. The van der Waals surface area contributed by atoms with Crippen molar-refractivity contribution in [2.45, 2.75) is 26.2 Å². The summed E-state index contributed by atoms with van der Waals surface area (Å²) in [5.74, 6) is 0.197. The highest BCUT2D eigenvalue weighted by Crippen LogP contribution is 2.44. The zero-order valence-corrected chi connectivity index (χ0v) is 15.2. The molecule has 0 bridgehead atoms. The van der Waals surface area contributed by atoms with Crippen LogP contribution in [0.4, 0.5) is 0 Å². The predicted octanol–water partition coefficient (Wildman–Crippen LogP) is 5.48. The number of nitrogens with zero attached hydrogens (tertiary/aromatic N) is 1. The summed E-state index contributed by atoms with van der Waals surface area (Å²) in [5, 5.41) is 3.32. The van der Waals surface area contributed by atoms with E-state index in [4.69, 9.17) is 0 Å². The van der Waals surface area contributed by atoms with Gasteiger partial charge in [-0.05, 0) is 17.5 Å². The zero-order chi connectivity index (χ0) is 17.2. The molecule has 2 aliphatic rings. The van der Waals surface area contributed by atoms with Gasteiger partial charge in [-0.3, -0.25) is 4.79 Å². The molecule has 0 spiro atoms. The fourth-order valence-electron chi connectivity index (χ4n) is 3.46. The molecule has 2 aromatic rings. The van der Waals surface area contributed by atoms with E-state index in [1.165, 1.54) is 11.3 Å². The number of benzene rings is 2. The lowest BCUT2D eigenvalue weighted by molar-refractivity contribution is 0.103. The standard InChI is InChI=1S/C22H21NOS/c1-2-3-13-23-20(16-9-5-4-6-10-16)15-25-22(23)19-14-17-11-7-8-12-18(17)21(19)24/h4-12,15H,2-3,13-14H2,1H3/b22-19-. The number of thioether (sulfide) groups is 1. The second kappa shape index (κ2) is 6.93. The normalized spacial score (nSPS) is 19.3. The second-order valence-electron chi connectivity index (χ2n) is 6.44. The first kappa shape index (κ1) is 16.2. The van der Waals surface area contributed by atoms with E-state index < -0.39 is 0 Å². The summed E-state index contributed by atoms with van der Waals surface area (Å²) in [6.07, 6.45) is 3.00. The molecule has 0 saturated carbocycles. The van der Waals surface area contributed by atoms with Gasteiger partial charge in [0.1, 0.15) is 0 Å². The van der Waals surface area contributed by atoms with Gasteiger partial charge in [0.05, 0.1) is 10.7 Å². The molecule has 4 rings (SSSR count). The van der Waals surface area contributed by atoms with Crippen LogP contribution < -0.4 is 0 Å². The number of unbranched alkanes of at least 4 members (excludes halogenated alkanes) is 1. The van der Waals surface area contributed by atoms with Gasteiger partial charge in [-0.15, -0.1) is 0 Å². The summed E-state index contributed by atoms with van der Waals surface area (Å²) in [6.45, 7) is 3.16. The van der Waals surface area contributed by atoms with Gasteiger partial charge >= 0.3 is 0 Å². The lowest BCUT2D eigenvalue weighted by Gasteiger charge is -2.25. The van der Waals surface area contributed by atoms with Gasteiger partial charge in [-0.2, -0.15) is 0 Å². The van der Waals surface area contributed by atoms with Crippen LogP contribution in [0.25, 0.3) is 5.70 Å². The number of Topliss-reactive ketones (excluding diaryl/α,β-unsaturated/α-hetero) is 1. The van der Waals surface area contributed by atoms with Crippen molar-refractivity contribution < 1.29 is 4.79 Å². The third kappa shape index (κ3) is 2.93. The van der Waals surface area contributed by atoms with E-state index in [-0.39, 0.29) is 5.78 Å². The maximum atomic E-state index is 12.9. The molecule has 0 unspecified atom stereocenters. The van der Waals surface area contributed by atoms with Gasteiger partial charge in [-0.25, -0.2) is 0 Å². The van der Waals surface area contributed by atoms with Crippen molar-refractivity contribution in [2.24, 2.45) is 0 Å². The Labute approximate surface area is 153 Å². The fraction of sp³-hybridized carbons (Fsp3) is 0.227. The van der Waals surface area contributed by atoms with E-state index in [1.54, 1.807) is 11.8 Å². The molecule has 25 heavy (non-hydrogen) atoms. The molecule has 0 radical (unpaired) electrons. The van der Waals surface area contributed by atoms with Crippen LogP contribution in [0.1, 0.15) is 41.3 Å². The van der Waals surface area contributed by atoms with E-state index in [9.17, 15) is 4.79 Å². The minimum Gasteiger partial charge on any atom is -0.335 e. The molecule has 1 aliphatic carbocycles. The average molecular weight is 347 g/mol. The summed E-state index contributed by atoms with van der Waals surface area (Å²) in [4.78, 5) is 15.3. The van der Waals surface area contributed by atoms with Crippen molar-refractivity contribution in [3.05, 3.63) is 87.3 Å². The Balaban J connectivity index is 1.72. The fourth-order valence-corrected chi connectivity index (χ4v) is 4.57. The Morgan fingerprint density at radius 3 is 2.56 bits per heavy atom. The highest BCUT2D eigenvalue weighted by Gasteiger charge is 2.32. The van der Waals surface area contributed by atoms with Crippen LogP contribution in [0, 0.1) is 0 Å². The lowest BCUT2D eigenvalue weighted by Crippen LogP contribution is -2.20. The maximum absolute atomic E-state index is 12.9. The van der Waals surface area contributed by atoms with Crippen molar-refractivity contribution in [1.29, 1.82) is 0 Å². The molecule has 0 fully saturated rings. The first-order valence-corrected chi connectivity index (χ1v) is 9.73. The maximum Gasteiger partial charge on any atom is 0.192 e. The quantitative estimate of drug-likeness (QED) is 0.683. The number of carbonyl (C=O) groups excluding carboxylic acids is 1. The number of allylic oxidation sites excluding steroid dienone is 1. The third-order valence-corrected chi connectivity index (χ3v) is 5.82. The molecular weight excluding hydrogens is 326 g/mol. The molecule has 0 atom stereocenters. The second-order valence-corrected chi connectivity index (χ2v) is 7.30. The lowest BCUT2D eigenvalue weighted by atomic mass is 10.1. The molecule has 0 aromatic heterocycles. The van der Waals surface area contributed by atoms with Gasteiger partial charge in [-0.1, -0.05) is 79.7 Å². The van der Waals surface area contributed by atoms with Crippen LogP contribution in [0.5, 0.6) is 0 Å². The van der Waals surface area contributed by atoms with Gasteiger partial charge in [0, 0.05) is 29.5 Å². The van der Waals surface area contributed by atoms with Crippen LogP contribution in [0.3, 0.4) is 0 Å². The van der Waals surface area contributed by atoms with Gasteiger partial charge < -0.3 is 4.90 Å². The summed E-state index contributed by atoms with van der Waals surface area (Å²) in [7, 11) is 0. The Morgan fingerprint density at radius 2 is 1.80 bits per heavy atom. The van der Waals surface area contributed by atoms with Gasteiger partial charge in [0.25, 0.3) is 0 Å². The molecule has 0 amide bonds. The highest BCUT2D eigenvalue weighted by atomic mass is 32.2. The molecule has 0 N–H and O–H groups in total. The monoisotopic (exact) mass is 347 g/mol. The van der Waals surface area contributed by atoms with E-state index in [0.29, 0.717) is 0 Å². The van der Waals surface area contributed by atoms with Gasteiger partial charge in [0.15, 0.2) is 5.78 Å². The molecule has 2 aromatic carbocycles. The van der Waals surface area contributed by atoms with Crippen molar-refractivity contribution >= 4 is 23.2 Å². The van der Waals surface area contributed by atoms with Crippen molar-refractivity contribution in [2.75, 3.05) is 6.54 Å². The number of hydrogen-bond donors (Lipinski definition) is 0. The predicted molar refractivity (Wildman–Crippen MR) is 105 cm³/mol. The minimum atomic E-state index is 0.197. The van der Waals surface area contributed by atoms with Crippen LogP contribution in [0.2, 0.25) is 0 Å². The van der Waals surface area contributed by atoms with Crippen LogP contribution in [0.15, 0.2) is 70.6 Å². The molecule has 2 nitrogen and oxygen atoms in total. The third-order valence-electron chi connectivity index (χ3n) is 4.78. The van der Waals surface area contributed by atoms with Crippen LogP contribution >= 0.6 is 11.8 Å². The van der Waals surface area contributed by atoms with E-state index in [1.807, 2.05) is 24.3 Å². The molecule has 1 heterocycles. The summed E-state index contributed by atoms with van der Waals surface area (Å²) in [6, 6.07) is 18.5. The van der Waals surface area contributed by atoms with Crippen LogP contribution in [-0.4, -0.2) is 17.2 Å². The Hall–Kier alpha value is -2.26. The Morgan fingerprint density at radius 1 is 1.04 bits per heavy atom. The smallest absolute Gasteiger partial charge is 0.192 e. The topological polar surface area (TPSA) is 20.3 Å². The minimum absolute atomic E-state index is 0.197. The number of fused-ring (bicyclic) bond motifs is 1. The van der Waals surface area contributed by atoms with Gasteiger partial charge in [0.2, 0.25) is 0 Å². The van der Waals surface area contributed by atoms with Crippen molar-refractivity contribution in [1.82, 2.24) is 4.90 Å². The number of carbonyl (C=O) groups is 1. The van der Waals surface area contributed by atoms with E-state index in [0.717, 1.165) is 47.5 Å². The number of hydrogen-bond acceptors (Lipinski definition) is 3. The number of ketones is 1. The average Bonchev–Trinajstić information content (AvgIpc) is 3.22. The molecular formula is C22H21NOS. The highest BCUT2D eigenvalue weighted by molar-refractivity contribution is 8.06. The van der Waals surface area contributed by atoms with Crippen LogP contribution in [-0.2, 0) is 6.42 Å². The number of rotatable bonds is 4. The first-order chi connectivity index (χ1) is 12.3. The molecule has 0 saturated heterocycles. The summed E-state index contributed by atoms with van der Waals surface area (Å²) < 4.78 is 0. The summed E-state index contributed by atoms with van der Waals surface area (Å²) in [5.41, 5.74) is 5.40. The van der Waals surface area contributed by atoms with Crippen molar-refractivity contribution in [3.8, 4) is 0 Å². The SMILES string of the molecule is CCCCN1C(c2ccccc2)=CS/C1=C1/Cc2ccccc2C1=O. The van der Waals surface area contributed by atoms with E-state index >= 15 is 0 Å².